The van der Waals surface area contributed by atoms with Crippen molar-refractivity contribution in [3.8, 4) is 0 Å². The van der Waals surface area contributed by atoms with Gasteiger partial charge in [-0.15, -0.1) is 0 Å². The predicted molar refractivity (Wildman–Crippen MR) is 84.5 cm³/mol. The predicted octanol–water partition coefficient (Wildman–Crippen LogP) is 1.61. The molecule has 120 valence electrons. The standard InChI is InChI=1S/C17H26N4O/c1-19-12-14(10-18-19)15-9-16(22)20(2)17(15)5-7-21(8-6-17)11-13-3-4-13/h10,12-13,15H,3-9,11H2,1-2H3. The van der Waals surface area contributed by atoms with Gasteiger partial charge in [0.25, 0.3) is 0 Å². The molecule has 3 heterocycles. The molecular weight excluding hydrogens is 276 g/mol. The third kappa shape index (κ3) is 2.26. The topological polar surface area (TPSA) is 41.4 Å². The highest BCUT2D eigenvalue weighted by Crippen LogP contribution is 2.48. The van der Waals surface area contributed by atoms with E-state index in [4.69, 9.17) is 0 Å². The van der Waals surface area contributed by atoms with Crippen molar-refractivity contribution in [1.29, 1.82) is 0 Å². The van der Waals surface area contributed by atoms with Crippen molar-refractivity contribution >= 4 is 5.91 Å². The number of rotatable bonds is 3. The molecule has 3 fully saturated rings. The van der Waals surface area contributed by atoms with Crippen LogP contribution in [0.2, 0.25) is 0 Å². The molecule has 1 aliphatic carbocycles. The molecule has 1 atom stereocenters. The Morgan fingerprint density at radius 3 is 2.59 bits per heavy atom. The van der Waals surface area contributed by atoms with Crippen LogP contribution in [0, 0.1) is 5.92 Å². The first-order chi connectivity index (χ1) is 10.6. The van der Waals surface area contributed by atoms with Gasteiger partial charge >= 0.3 is 0 Å². The molecule has 0 radical (unpaired) electrons. The van der Waals surface area contributed by atoms with Crippen LogP contribution >= 0.6 is 0 Å². The largest absolute Gasteiger partial charge is 0.339 e. The lowest BCUT2D eigenvalue weighted by Gasteiger charge is -2.46. The van der Waals surface area contributed by atoms with E-state index >= 15 is 0 Å². The summed E-state index contributed by atoms with van der Waals surface area (Å²) in [4.78, 5) is 17.1. The number of likely N-dealkylation sites (N-methyl/N-ethyl adjacent to an activating group) is 1. The molecule has 1 amide bonds. The zero-order valence-electron chi connectivity index (χ0n) is 13.7. The molecule has 1 unspecified atom stereocenters. The molecule has 0 aromatic carbocycles. The smallest absolute Gasteiger partial charge is 0.223 e. The fraction of sp³-hybridized carbons (Fsp3) is 0.765. The summed E-state index contributed by atoms with van der Waals surface area (Å²) in [6.07, 6.45) is 9.72. The van der Waals surface area contributed by atoms with E-state index in [-0.39, 0.29) is 5.54 Å². The Morgan fingerprint density at radius 1 is 1.27 bits per heavy atom. The van der Waals surface area contributed by atoms with Gasteiger partial charge in [0.2, 0.25) is 5.91 Å². The van der Waals surface area contributed by atoms with E-state index in [1.807, 2.05) is 25.0 Å². The Labute approximate surface area is 132 Å². The molecule has 0 N–H and O–H groups in total. The van der Waals surface area contributed by atoms with E-state index in [2.05, 4.69) is 21.1 Å². The Hall–Kier alpha value is -1.36. The summed E-state index contributed by atoms with van der Waals surface area (Å²) < 4.78 is 1.86. The third-order valence-electron chi connectivity index (χ3n) is 6.13. The van der Waals surface area contributed by atoms with Crippen LogP contribution in [0.15, 0.2) is 12.4 Å². The Morgan fingerprint density at radius 2 is 2.00 bits per heavy atom. The molecule has 4 rings (SSSR count). The molecule has 5 nitrogen and oxygen atoms in total. The van der Waals surface area contributed by atoms with Crippen molar-refractivity contribution in [2.24, 2.45) is 13.0 Å². The maximum absolute atomic E-state index is 12.4. The average Bonchev–Trinajstić information content (AvgIpc) is 3.18. The summed E-state index contributed by atoms with van der Waals surface area (Å²) in [5.41, 5.74) is 1.25. The van der Waals surface area contributed by atoms with Crippen LogP contribution in [-0.4, -0.2) is 57.7 Å². The highest BCUT2D eigenvalue weighted by Gasteiger charge is 2.53. The van der Waals surface area contributed by atoms with Gasteiger partial charge in [-0.3, -0.25) is 9.48 Å². The number of piperidine rings is 1. The summed E-state index contributed by atoms with van der Waals surface area (Å²) in [7, 11) is 3.96. The maximum Gasteiger partial charge on any atom is 0.223 e. The second kappa shape index (κ2) is 5.08. The van der Waals surface area contributed by atoms with E-state index < -0.39 is 0 Å². The second-order valence-electron chi connectivity index (χ2n) is 7.50. The highest BCUT2D eigenvalue weighted by atomic mass is 16.2. The lowest BCUT2D eigenvalue weighted by Crippen LogP contribution is -2.54. The van der Waals surface area contributed by atoms with Gasteiger partial charge in [-0.05, 0) is 37.2 Å². The summed E-state index contributed by atoms with van der Waals surface area (Å²) in [5.74, 6) is 1.55. The van der Waals surface area contributed by atoms with E-state index in [0.717, 1.165) is 31.8 Å². The average molecular weight is 302 g/mol. The minimum atomic E-state index is 0.0141. The molecule has 2 saturated heterocycles. The summed E-state index contributed by atoms with van der Waals surface area (Å²) >= 11 is 0. The highest BCUT2D eigenvalue weighted by molar-refractivity contribution is 5.81. The molecular formula is C17H26N4O. The number of likely N-dealkylation sites (tertiary alicyclic amines) is 2. The van der Waals surface area contributed by atoms with Crippen LogP contribution in [0.5, 0.6) is 0 Å². The van der Waals surface area contributed by atoms with Crippen molar-refractivity contribution in [3.63, 3.8) is 0 Å². The lowest BCUT2D eigenvalue weighted by molar-refractivity contribution is -0.130. The normalized spacial score (nSPS) is 28.7. The van der Waals surface area contributed by atoms with Gasteiger partial charge in [0, 0.05) is 52.3 Å². The van der Waals surface area contributed by atoms with Gasteiger partial charge in [0.05, 0.1) is 11.7 Å². The SMILES string of the molecule is CN1C(=O)CC(c2cnn(C)c2)C12CCN(CC1CC1)CC2. The van der Waals surface area contributed by atoms with Gasteiger partial charge < -0.3 is 9.80 Å². The first kappa shape index (κ1) is 14.2. The second-order valence-corrected chi connectivity index (χ2v) is 7.50. The number of carbonyl (C=O) groups excluding carboxylic acids is 1. The van der Waals surface area contributed by atoms with Crippen molar-refractivity contribution in [2.45, 2.75) is 43.6 Å². The van der Waals surface area contributed by atoms with E-state index in [0.29, 0.717) is 18.2 Å². The molecule has 1 aromatic rings. The van der Waals surface area contributed by atoms with Gasteiger partial charge in [-0.1, -0.05) is 0 Å². The molecule has 1 aromatic heterocycles. The van der Waals surface area contributed by atoms with Gasteiger partial charge in [0.15, 0.2) is 0 Å². The molecule has 3 aliphatic rings. The number of nitrogens with zero attached hydrogens (tertiary/aromatic N) is 4. The van der Waals surface area contributed by atoms with Crippen LogP contribution in [0.4, 0.5) is 0 Å². The number of hydrogen-bond donors (Lipinski definition) is 0. The van der Waals surface area contributed by atoms with Gasteiger partial charge in [-0.2, -0.15) is 5.10 Å². The number of carbonyl (C=O) groups is 1. The van der Waals surface area contributed by atoms with Crippen LogP contribution in [0.1, 0.15) is 43.6 Å². The molecule has 1 spiro atoms. The van der Waals surface area contributed by atoms with E-state index in [1.165, 1.54) is 24.9 Å². The lowest BCUT2D eigenvalue weighted by atomic mass is 9.74. The molecule has 0 bridgehead atoms. The summed E-state index contributed by atoms with van der Waals surface area (Å²) in [6, 6.07) is 0. The number of aromatic nitrogens is 2. The zero-order valence-corrected chi connectivity index (χ0v) is 13.7. The van der Waals surface area contributed by atoms with Gasteiger partial charge in [0.1, 0.15) is 0 Å². The van der Waals surface area contributed by atoms with Crippen molar-refractivity contribution < 1.29 is 4.79 Å². The molecule has 2 aliphatic heterocycles. The molecule has 1 saturated carbocycles. The summed E-state index contributed by atoms with van der Waals surface area (Å²) in [6.45, 7) is 3.53. The summed E-state index contributed by atoms with van der Waals surface area (Å²) in [5, 5.41) is 4.33. The first-order valence-corrected chi connectivity index (χ1v) is 8.56. The van der Waals surface area contributed by atoms with Crippen LogP contribution < -0.4 is 0 Å². The van der Waals surface area contributed by atoms with Crippen LogP contribution in [-0.2, 0) is 11.8 Å². The van der Waals surface area contributed by atoms with Gasteiger partial charge in [-0.25, -0.2) is 0 Å². The first-order valence-electron chi connectivity index (χ1n) is 8.56. The van der Waals surface area contributed by atoms with Crippen LogP contribution in [0.3, 0.4) is 0 Å². The number of amides is 1. The quantitative estimate of drug-likeness (QED) is 0.852. The van der Waals surface area contributed by atoms with Crippen molar-refractivity contribution in [3.05, 3.63) is 18.0 Å². The zero-order chi connectivity index (χ0) is 15.3. The Balaban J connectivity index is 1.55. The fourth-order valence-corrected chi connectivity index (χ4v) is 4.50. The maximum atomic E-state index is 12.4. The molecule has 5 heteroatoms. The van der Waals surface area contributed by atoms with Crippen molar-refractivity contribution in [1.82, 2.24) is 19.6 Å². The third-order valence-corrected chi connectivity index (χ3v) is 6.13. The number of aryl methyl sites for hydroxylation is 1. The Kier molecular flexibility index (Phi) is 3.29. The van der Waals surface area contributed by atoms with Crippen LogP contribution in [0.25, 0.3) is 0 Å². The van der Waals surface area contributed by atoms with E-state index in [1.54, 1.807) is 0 Å². The minimum Gasteiger partial charge on any atom is -0.339 e. The molecule has 22 heavy (non-hydrogen) atoms. The van der Waals surface area contributed by atoms with Crippen molar-refractivity contribution in [2.75, 3.05) is 26.7 Å². The Bertz CT molecular complexity index is 569. The van der Waals surface area contributed by atoms with E-state index in [9.17, 15) is 4.79 Å². The number of hydrogen-bond acceptors (Lipinski definition) is 3. The monoisotopic (exact) mass is 302 g/mol. The fourth-order valence-electron chi connectivity index (χ4n) is 4.50. The minimum absolute atomic E-state index is 0.0141.